The molecule has 0 spiro atoms. The number of fused-ring (bicyclic) bond motifs is 3. The second kappa shape index (κ2) is 9.40. The van der Waals surface area contributed by atoms with Gasteiger partial charge in [-0.2, -0.15) is 0 Å². The molecule has 0 saturated heterocycles. The van der Waals surface area contributed by atoms with Crippen LogP contribution >= 0.6 is 0 Å². The fraction of sp³-hybridized carbons (Fsp3) is 0.333. The molecular formula is C24H25NO4. The van der Waals surface area contributed by atoms with Crippen LogP contribution in [0.25, 0.3) is 11.1 Å². The lowest BCUT2D eigenvalue weighted by Gasteiger charge is -2.22. The van der Waals surface area contributed by atoms with Gasteiger partial charge in [-0.05, 0) is 28.2 Å². The molecule has 5 nitrogen and oxygen atoms in total. The van der Waals surface area contributed by atoms with Gasteiger partial charge in [0.1, 0.15) is 0 Å². The zero-order valence-corrected chi connectivity index (χ0v) is 16.9. The SMILES string of the molecule is COC(=O)C#CC(NCC(=O)OCC(C)C)C1c2ccccc2-c2ccccc21. The first-order chi connectivity index (χ1) is 14.0. The number of rotatable bonds is 6. The number of esters is 2. The van der Waals surface area contributed by atoms with Crippen LogP contribution in [0.15, 0.2) is 48.5 Å². The third-order valence-electron chi connectivity index (χ3n) is 4.77. The van der Waals surface area contributed by atoms with Crippen LogP contribution < -0.4 is 5.32 Å². The van der Waals surface area contributed by atoms with Gasteiger partial charge in [0.05, 0.1) is 26.3 Å². The summed E-state index contributed by atoms with van der Waals surface area (Å²) in [5.74, 6) is 4.69. The molecule has 0 amide bonds. The largest absolute Gasteiger partial charge is 0.464 e. The maximum Gasteiger partial charge on any atom is 0.384 e. The minimum atomic E-state index is -0.612. The minimum Gasteiger partial charge on any atom is -0.464 e. The summed E-state index contributed by atoms with van der Waals surface area (Å²) in [4.78, 5) is 23.8. The quantitative estimate of drug-likeness (QED) is 0.466. The summed E-state index contributed by atoms with van der Waals surface area (Å²) < 4.78 is 9.92. The molecule has 0 radical (unpaired) electrons. The van der Waals surface area contributed by atoms with Crippen molar-refractivity contribution >= 4 is 11.9 Å². The molecular weight excluding hydrogens is 366 g/mol. The Morgan fingerprint density at radius 1 is 1.03 bits per heavy atom. The lowest BCUT2D eigenvalue weighted by molar-refractivity contribution is -0.143. The van der Waals surface area contributed by atoms with Gasteiger partial charge in [-0.1, -0.05) is 68.3 Å². The zero-order valence-electron chi connectivity index (χ0n) is 16.9. The predicted octanol–water partition coefficient (Wildman–Crippen LogP) is 3.13. The van der Waals surface area contributed by atoms with Gasteiger partial charge in [0, 0.05) is 11.8 Å². The number of carbonyl (C=O) groups excluding carboxylic acids is 2. The third-order valence-corrected chi connectivity index (χ3v) is 4.77. The van der Waals surface area contributed by atoms with Gasteiger partial charge >= 0.3 is 11.9 Å². The average Bonchev–Trinajstić information content (AvgIpc) is 3.06. The van der Waals surface area contributed by atoms with Crippen molar-refractivity contribution in [3.05, 3.63) is 59.7 Å². The molecule has 1 N–H and O–H groups in total. The second-order valence-corrected chi connectivity index (χ2v) is 7.35. The molecule has 0 aliphatic heterocycles. The van der Waals surface area contributed by atoms with Crippen LogP contribution in [0.3, 0.4) is 0 Å². The van der Waals surface area contributed by atoms with Crippen molar-refractivity contribution in [3.63, 3.8) is 0 Å². The number of ether oxygens (including phenoxy) is 2. The van der Waals surface area contributed by atoms with E-state index in [9.17, 15) is 9.59 Å². The van der Waals surface area contributed by atoms with E-state index in [4.69, 9.17) is 4.74 Å². The smallest absolute Gasteiger partial charge is 0.384 e. The van der Waals surface area contributed by atoms with Crippen molar-refractivity contribution in [1.82, 2.24) is 5.32 Å². The van der Waals surface area contributed by atoms with Gasteiger partial charge in [-0.15, -0.1) is 0 Å². The highest BCUT2D eigenvalue weighted by atomic mass is 16.5. The molecule has 3 rings (SSSR count). The molecule has 1 aliphatic rings. The van der Waals surface area contributed by atoms with E-state index in [1.807, 2.05) is 38.1 Å². The van der Waals surface area contributed by atoms with E-state index in [0.29, 0.717) is 6.61 Å². The molecule has 0 bridgehead atoms. The first-order valence-electron chi connectivity index (χ1n) is 9.68. The maximum atomic E-state index is 12.1. The molecule has 2 aromatic carbocycles. The van der Waals surface area contributed by atoms with Gasteiger partial charge in [0.25, 0.3) is 0 Å². The van der Waals surface area contributed by atoms with Crippen molar-refractivity contribution in [2.24, 2.45) is 5.92 Å². The highest BCUT2D eigenvalue weighted by molar-refractivity contribution is 5.88. The zero-order chi connectivity index (χ0) is 20.8. The summed E-state index contributed by atoms with van der Waals surface area (Å²) in [6.45, 7) is 4.34. The molecule has 29 heavy (non-hydrogen) atoms. The molecule has 5 heteroatoms. The van der Waals surface area contributed by atoms with Crippen LogP contribution in [-0.4, -0.2) is 38.2 Å². The van der Waals surface area contributed by atoms with Gasteiger partial charge < -0.3 is 9.47 Å². The van der Waals surface area contributed by atoms with Gasteiger partial charge in [0.15, 0.2) is 0 Å². The van der Waals surface area contributed by atoms with Crippen molar-refractivity contribution in [2.75, 3.05) is 20.3 Å². The summed E-state index contributed by atoms with van der Waals surface area (Å²) >= 11 is 0. The van der Waals surface area contributed by atoms with E-state index in [1.165, 1.54) is 7.11 Å². The summed E-state index contributed by atoms with van der Waals surface area (Å²) in [5, 5.41) is 3.19. The summed E-state index contributed by atoms with van der Waals surface area (Å²) in [6.07, 6.45) is 0. The molecule has 0 aromatic heterocycles. The van der Waals surface area contributed by atoms with Crippen molar-refractivity contribution in [3.8, 4) is 23.0 Å². The number of hydrogen-bond acceptors (Lipinski definition) is 5. The lowest BCUT2D eigenvalue weighted by atomic mass is 9.89. The third kappa shape index (κ3) is 4.85. The van der Waals surface area contributed by atoms with Crippen LogP contribution in [0, 0.1) is 17.8 Å². The van der Waals surface area contributed by atoms with E-state index in [1.54, 1.807) is 0 Å². The maximum absolute atomic E-state index is 12.1. The van der Waals surface area contributed by atoms with Crippen molar-refractivity contribution in [2.45, 2.75) is 25.8 Å². The Labute approximate surface area is 171 Å². The lowest BCUT2D eigenvalue weighted by Crippen LogP contribution is -2.38. The van der Waals surface area contributed by atoms with E-state index in [-0.39, 0.29) is 24.3 Å². The molecule has 2 aromatic rings. The Morgan fingerprint density at radius 3 is 2.17 bits per heavy atom. The average molecular weight is 391 g/mol. The summed E-state index contributed by atoms with van der Waals surface area (Å²) in [6, 6.07) is 15.8. The number of nitrogens with one attached hydrogen (secondary N) is 1. The van der Waals surface area contributed by atoms with E-state index in [2.05, 4.69) is 46.2 Å². The van der Waals surface area contributed by atoms with Crippen LogP contribution in [-0.2, 0) is 19.1 Å². The molecule has 150 valence electrons. The van der Waals surface area contributed by atoms with Gasteiger partial charge in [0.2, 0.25) is 0 Å². The topological polar surface area (TPSA) is 64.6 Å². The standard InChI is InChI=1S/C24H25NO4/c1-16(2)15-29-23(27)14-25-21(12-13-22(26)28-3)24-19-10-6-4-8-17(19)18-9-5-7-11-20(18)24/h4-11,16,21,24-25H,14-15H2,1-3H3. The highest BCUT2D eigenvalue weighted by Crippen LogP contribution is 2.45. The molecule has 0 heterocycles. The second-order valence-electron chi connectivity index (χ2n) is 7.35. The van der Waals surface area contributed by atoms with Gasteiger partial charge in [-0.3, -0.25) is 10.1 Å². The number of benzene rings is 2. The Kier molecular flexibility index (Phi) is 6.69. The van der Waals surface area contributed by atoms with Crippen LogP contribution in [0.2, 0.25) is 0 Å². The molecule has 1 unspecified atom stereocenters. The minimum absolute atomic E-state index is 0.00801. The number of hydrogen-bond donors (Lipinski definition) is 1. The molecule has 1 atom stereocenters. The fourth-order valence-corrected chi connectivity index (χ4v) is 3.50. The Balaban J connectivity index is 1.90. The summed E-state index contributed by atoms with van der Waals surface area (Å²) in [7, 11) is 1.29. The highest BCUT2D eigenvalue weighted by Gasteiger charge is 2.33. The monoisotopic (exact) mass is 391 g/mol. The van der Waals surface area contributed by atoms with Crippen LogP contribution in [0.4, 0.5) is 0 Å². The number of methoxy groups -OCH3 is 1. The van der Waals surface area contributed by atoms with E-state index >= 15 is 0 Å². The van der Waals surface area contributed by atoms with E-state index in [0.717, 1.165) is 22.3 Å². The van der Waals surface area contributed by atoms with E-state index < -0.39 is 12.0 Å². The normalized spacial score (nSPS) is 13.1. The Hall–Kier alpha value is -3.10. The molecule has 0 saturated carbocycles. The van der Waals surface area contributed by atoms with Crippen LogP contribution in [0.5, 0.6) is 0 Å². The first kappa shape index (κ1) is 20.6. The summed E-state index contributed by atoms with van der Waals surface area (Å²) in [5.41, 5.74) is 4.51. The Morgan fingerprint density at radius 2 is 1.62 bits per heavy atom. The van der Waals surface area contributed by atoms with Crippen LogP contribution in [0.1, 0.15) is 30.9 Å². The number of carbonyl (C=O) groups is 2. The van der Waals surface area contributed by atoms with Crippen molar-refractivity contribution < 1.29 is 19.1 Å². The van der Waals surface area contributed by atoms with Gasteiger partial charge in [-0.25, -0.2) is 4.79 Å². The Bertz CT molecular complexity index is 909. The molecule has 1 aliphatic carbocycles. The molecule has 0 fully saturated rings. The predicted molar refractivity (Wildman–Crippen MR) is 111 cm³/mol. The van der Waals surface area contributed by atoms with Crippen molar-refractivity contribution in [1.29, 1.82) is 0 Å². The first-order valence-corrected chi connectivity index (χ1v) is 9.68. The fourth-order valence-electron chi connectivity index (χ4n) is 3.50.